The van der Waals surface area contributed by atoms with E-state index in [1.807, 2.05) is 17.0 Å². The van der Waals surface area contributed by atoms with Gasteiger partial charge in [-0.3, -0.25) is 4.79 Å². The Morgan fingerprint density at radius 1 is 1.00 bits per heavy atom. The second-order valence-electron chi connectivity index (χ2n) is 7.42. The average molecular weight is 407 g/mol. The normalized spacial score (nSPS) is 14.5. The molecule has 1 aliphatic rings. The van der Waals surface area contributed by atoms with E-state index in [0.717, 1.165) is 11.1 Å². The molecule has 1 aromatic heterocycles. The van der Waals surface area contributed by atoms with Crippen LogP contribution in [0.4, 0.5) is 4.39 Å². The molecular weight excluding hydrogens is 385 g/mol. The number of aryl methyl sites for hydroxylation is 1. The molecule has 0 aliphatic carbocycles. The smallest absolute Gasteiger partial charge is 0.339 e. The van der Waals surface area contributed by atoms with Crippen molar-refractivity contribution >= 4 is 5.91 Å². The van der Waals surface area contributed by atoms with Crippen LogP contribution in [0.2, 0.25) is 0 Å². The Bertz CT molecular complexity index is 1080. The molecule has 1 saturated heterocycles. The van der Waals surface area contributed by atoms with E-state index in [1.54, 1.807) is 37.3 Å². The van der Waals surface area contributed by atoms with Crippen LogP contribution in [-0.2, 0) is 0 Å². The van der Waals surface area contributed by atoms with Gasteiger partial charge in [0, 0.05) is 37.6 Å². The minimum Gasteiger partial charge on any atom is -0.490 e. The molecule has 0 spiro atoms. The van der Waals surface area contributed by atoms with Gasteiger partial charge in [0.05, 0.1) is 6.07 Å². The van der Waals surface area contributed by atoms with E-state index in [4.69, 9.17) is 9.15 Å². The summed E-state index contributed by atoms with van der Waals surface area (Å²) in [5, 5.41) is 0. The molecule has 0 atom stereocenters. The number of carbonyl (C=O) groups is 1. The molecule has 30 heavy (non-hydrogen) atoms. The molecule has 0 N–H and O–H groups in total. The minimum absolute atomic E-state index is 0.0182. The van der Waals surface area contributed by atoms with Crippen LogP contribution >= 0.6 is 0 Å². The van der Waals surface area contributed by atoms with Crippen LogP contribution < -0.4 is 10.4 Å². The fraction of sp³-hybridized carbons (Fsp3) is 0.250. The van der Waals surface area contributed by atoms with Crippen molar-refractivity contribution in [2.75, 3.05) is 13.1 Å². The van der Waals surface area contributed by atoms with Gasteiger partial charge in [-0.15, -0.1) is 0 Å². The van der Waals surface area contributed by atoms with Gasteiger partial charge in [-0.25, -0.2) is 9.18 Å². The standard InChI is InChI=1S/C24H22FNO4/c1-16-14-22(15-23(27)29-16)30-21-10-12-26(13-11-21)24(28)19-4-2-17(3-5-19)18-6-8-20(25)9-7-18/h2-9,14-15,21H,10-13H2,1H3. The Kier molecular flexibility index (Phi) is 5.65. The van der Waals surface area contributed by atoms with E-state index in [1.165, 1.54) is 18.2 Å². The molecule has 1 amide bonds. The lowest BCUT2D eigenvalue weighted by Crippen LogP contribution is -2.41. The number of hydrogen-bond donors (Lipinski definition) is 0. The van der Waals surface area contributed by atoms with Crippen molar-refractivity contribution in [1.82, 2.24) is 4.90 Å². The second kappa shape index (κ2) is 8.53. The minimum atomic E-state index is -0.429. The fourth-order valence-electron chi connectivity index (χ4n) is 3.64. The maximum atomic E-state index is 13.1. The van der Waals surface area contributed by atoms with Crippen molar-refractivity contribution in [2.45, 2.75) is 25.9 Å². The lowest BCUT2D eigenvalue weighted by molar-refractivity contribution is 0.0594. The van der Waals surface area contributed by atoms with Crippen molar-refractivity contribution in [3.8, 4) is 16.9 Å². The number of nitrogens with zero attached hydrogens (tertiary/aromatic N) is 1. The van der Waals surface area contributed by atoms with E-state index in [2.05, 4.69) is 0 Å². The quantitative estimate of drug-likeness (QED) is 0.642. The third-order valence-electron chi connectivity index (χ3n) is 5.21. The van der Waals surface area contributed by atoms with Gasteiger partial charge in [0.25, 0.3) is 5.91 Å². The van der Waals surface area contributed by atoms with E-state index in [-0.39, 0.29) is 17.8 Å². The van der Waals surface area contributed by atoms with Crippen LogP contribution in [0.15, 0.2) is 69.9 Å². The molecule has 0 bridgehead atoms. The van der Waals surface area contributed by atoms with Crippen LogP contribution in [0.3, 0.4) is 0 Å². The summed E-state index contributed by atoms with van der Waals surface area (Å²) in [4.78, 5) is 26.1. The van der Waals surface area contributed by atoms with Gasteiger partial charge in [-0.05, 0) is 42.3 Å². The van der Waals surface area contributed by atoms with Gasteiger partial charge in [-0.1, -0.05) is 24.3 Å². The molecule has 0 radical (unpaired) electrons. The molecule has 1 fully saturated rings. The highest BCUT2D eigenvalue weighted by Gasteiger charge is 2.25. The molecule has 0 saturated carbocycles. The number of ether oxygens (including phenoxy) is 1. The van der Waals surface area contributed by atoms with Crippen molar-refractivity contribution < 1.29 is 18.3 Å². The highest BCUT2D eigenvalue weighted by Crippen LogP contribution is 2.23. The number of likely N-dealkylation sites (tertiary alicyclic amines) is 1. The lowest BCUT2D eigenvalue weighted by atomic mass is 10.0. The summed E-state index contributed by atoms with van der Waals surface area (Å²) in [6, 6.07) is 16.7. The summed E-state index contributed by atoms with van der Waals surface area (Å²) < 4.78 is 23.9. The van der Waals surface area contributed by atoms with Crippen LogP contribution in [0.5, 0.6) is 5.75 Å². The molecule has 0 unspecified atom stereocenters. The fourth-order valence-corrected chi connectivity index (χ4v) is 3.64. The average Bonchev–Trinajstić information content (AvgIpc) is 2.74. The first-order chi connectivity index (χ1) is 14.5. The van der Waals surface area contributed by atoms with E-state index in [9.17, 15) is 14.0 Å². The van der Waals surface area contributed by atoms with Crippen molar-refractivity contribution in [3.05, 3.63) is 88.2 Å². The Morgan fingerprint density at radius 3 is 2.20 bits per heavy atom. The predicted octanol–water partition coefficient (Wildman–Crippen LogP) is 4.44. The second-order valence-corrected chi connectivity index (χ2v) is 7.42. The lowest BCUT2D eigenvalue weighted by Gasteiger charge is -2.32. The van der Waals surface area contributed by atoms with Crippen molar-refractivity contribution in [3.63, 3.8) is 0 Å². The molecule has 3 aromatic rings. The number of carbonyl (C=O) groups excluding carboxylic acids is 1. The number of hydrogen-bond acceptors (Lipinski definition) is 4. The first-order valence-corrected chi connectivity index (χ1v) is 9.92. The summed E-state index contributed by atoms with van der Waals surface area (Å²) >= 11 is 0. The Balaban J connectivity index is 1.36. The first kappa shape index (κ1) is 19.9. The molecule has 154 valence electrons. The Hall–Kier alpha value is -3.41. The van der Waals surface area contributed by atoms with Gasteiger partial charge in [0.1, 0.15) is 23.4 Å². The summed E-state index contributed by atoms with van der Waals surface area (Å²) in [5.41, 5.74) is 2.03. The number of amides is 1. The van der Waals surface area contributed by atoms with Crippen LogP contribution in [0.1, 0.15) is 29.0 Å². The van der Waals surface area contributed by atoms with Gasteiger partial charge in [0.2, 0.25) is 0 Å². The van der Waals surface area contributed by atoms with E-state index in [0.29, 0.717) is 43.0 Å². The number of halogens is 1. The molecule has 1 aliphatic heterocycles. The van der Waals surface area contributed by atoms with E-state index >= 15 is 0 Å². The van der Waals surface area contributed by atoms with Gasteiger partial charge < -0.3 is 14.1 Å². The summed E-state index contributed by atoms with van der Waals surface area (Å²) in [5.74, 6) is 0.721. The summed E-state index contributed by atoms with van der Waals surface area (Å²) in [6.45, 7) is 2.88. The Labute approximate surface area is 173 Å². The van der Waals surface area contributed by atoms with Gasteiger partial charge in [-0.2, -0.15) is 0 Å². The van der Waals surface area contributed by atoms with E-state index < -0.39 is 5.63 Å². The van der Waals surface area contributed by atoms with Crippen LogP contribution in [0, 0.1) is 12.7 Å². The molecule has 4 rings (SSSR count). The maximum Gasteiger partial charge on any atom is 0.339 e. The SMILES string of the molecule is Cc1cc(OC2CCN(C(=O)c3ccc(-c4ccc(F)cc4)cc3)CC2)cc(=O)o1. The number of benzene rings is 2. The van der Waals surface area contributed by atoms with Crippen molar-refractivity contribution in [2.24, 2.45) is 0 Å². The third kappa shape index (κ3) is 4.59. The molecular formula is C24H22FNO4. The zero-order valence-electron chi connectivity index (χ0n) is 16.6. The molecule has 2 aromatic carbocycles. The van der Waals surface area contributed by atoms with Crippen molar-refractivity contribution in [1.29, 1.82) is 0 Å². The highest BCUT2D eigenvalue weighted by molar-refractivity contribution is 5.94. The molecule has 6 heteroatoms. The predicted molar refractivity (Wildman–Crippen MR) is 111 cm³/mol. The highest BCUT2D eigenvalue weighted by atomic mass is 19.1. The summed E-state index contributed by atoms with van der Waals surface area (Å²) in [7, 11) is 0. The topological polar surface area (TPSA) is 59.8 Å². The number of piperidine rings is 1. The van der Waals surface area contributed by atoms with Crippen LogP contribution in [-0.4, -0.2) is 30.0 Å². The molecule has 2 heterocycles. The Morgan fingerprint density at radius 2 is 1.60 bits per heavy atom. The largest absolute Gasteiger partial charge is 0.490 e. The van der Waals surface area contributed by atoms with Gasteiger partial charge >= 0.3 is 5.63 Å². The summed E-state index contributed by atoms with van der Waals surface area (Å²) in [6.07, 6.45) is 1.34. The zero-order chi connectivity index (χ0) is 21.1. The van der Waals surface area contributed by atoms with Gasteiger partial charge in [0.15, 0.2) is 0 Å². The third-order valence-corrected chi connectivity index (χ3v) is 5.21. The first-order valence-electron chi connectivity index (χ1n) is 9.92. The monoisotopic (exact) mass is 407 g/mol. The molecule has 5 nitrogen and oxygen atoms in total. The van der Waals surface area contributed by atoms with Crippen LogP contribution in [0.25, 0.3) is 11.1 Å². The number of rotatable bonds is 4. The zero-order valence-corrected chi connectivity index (χ0v) is 16.6. The maximum absolute atomic E-state index is 13.1.